The molecular weight excluding hydrogens is 150 g/mol. The average molecular weight is 157 g/mol. The predicted molar refractivity (Wildman–Crippen MR) is 35.0 cm³/mol. The van der Waals surface area contributed by atoms with Gasteiger partial charge in [0.25, 0.3) is 0 Å². The third kappa shape index (κ3) is 1.76. The summed E-state index contributed by atoms with van der Waals surface area (Å²) in [7, 11) is 0. The van der Waals surface area contributed by atoms with Crippen molar-refractivity contribution >= 4 is 17.8 Å². The van der Waals surface area contributed by atoms with Crippen molar-refractivity contribution in [2.45, 2.75) is 6.92 Å². The lowest BCUT2D eigenvalue weighted by Crippen LogP contribution is -2.18. The first-order chi connectivity index (χ1) is 5.24. The lowest BCUT2D eigenvalue weighted by atomic mass is 10.6. The van der Waals surface area contributed by atoms with Crippen LogP contribution in [0, 0.1) is 0 Å². The fourth-order valence-electron chi connectivity index (χ4n) is 0.608. The van der Waals surface area contributed by atoms with E-state index in [1.54, 1.807) is 6.92 Å². The van der Waals surface area contributed by atoms with Crippen molar-refractivity contribution in [1.29, 1.82) is 0 Å². The van der Waals surface area contributed by atoms with Gasteiger partial charge < -0.3 is 9.47 Å². The molecule has 1 aliphatic heterocycles. The third-order valence-electron chi connectivity index (χ3n) is 1.01. The Bertz CT molecular complexity index is 221. The van der Waals surface area contributed by atoms with Gasteiger partial charge in [0.1, 0.15) is 6.54 Å². The van der Waals surface area contributed by atoms with E-state index in [2.05, 4.69) is 14.5 Å². The summed E-state index contributed by atoms with van der Waals surface area (Å²) >= 11 is 0. The zero-order chi connectivity index (χ0) is 8.27. The van der Waals surface area contributed by atoms with Crippen LogP contribution in [0.2, 0.25) is 0 Å². The van der Waals surface area contributed by atoms with E-state index in [1.807, 2.05) is 0 Å². The molecule has 5 nitrogen and oxygen atoms in total. The van der Waals surface area contributed by atoms with Crippen molar-refractivity contribution in [2.24, 2.45) is 4.99 Å². The van der Waals surface area contributed by atoms with Crippen LogP contribution in [0.4, 0.5) is 0 Å². The molecule has 0 bridgehead atoms. The van der Waals surface area contributed by atoms with Crippen LogP contribution >= 0.6 is 0 Å². The quantitative estimate of drug-likeness (QED) is 0.507. The lowest BCUT2D eigenvalue weighted by Gasteiger charge is -1.98. The van der Waals surface area contributed by atoms with Gasteiger partial charge in [0, 0.05) is 0 Å². The topological polar surface area (TPSA) is 65.0 Å². The standard InChI is InChI=1S/C6H7NO4/c1-2-10-6(9)5-7-3-4(8)11-5/h2-3H2,1H3. The normalized spacial score (nSPS) is 15.7. The summed E-state index contributed by atoms with van der Waals surface area (Å²) in [5.74, 6) is -1.44. The molecule has 0 aromatic rings. The molecule has 1 rings (SSSR count). The molecule has 0 aromatic carbocycles. The van der Waals surface area contributed by atoms with E-state index in [0.29, 0.717) is 0 Å². The maximum atomic E-state index is 10.8. The summed E-state index contributed by atoms with van der Waals surface area (Å²) in [4.78, 5) is 24.7. The van der Waals surface area contributed by atoms with E-state index >= 15 is 0 Å². The molecule has 0 aromatic heterocycles. The van der Waals surface area contributed by atoms with Gasteiger partial charge in [-0.05, 0) is 6.92 Å². The van der Waals surface area contributed by atoms with Gasteiger partial charge in [-0.15, -0.1) is 0 Å². The molecule has 0 aliphatic carbocycles. The molecule has 1 heterocycles. The summed E-state index contributed by atoms with van der Waals surface area (Å²) in [6.45, 7) is 1.82. The molecule has 0 saturated heterocycles. The number of carbonyl (C=O) groups excluding carboxylic acids is 2. The van der Waals surface area contributed by atoms with Gasteiger partial charge in [-0.25, -0.2) is 14.6 Å². The Hall–Kier alpha value is -1.39. The fourth-order valence-corrected chi connectivity index (χ4v) is 0.608. The van der Waals surface area contributed by atoms with Crippen LogP contribution in [0.25, 0.3) is 0 Å². The zero-order valence-corrected chi connectivity index (χ0v) is 5.99. The van der Waals surface area contributed by atoms with Crippen molar-refractivity contribution in [2.75, 3.05) is 13.2 Å². The SMILES string of the molecule is CCOC(=O)C1=NCC(=O)O1. The molecule has 0 N–H and O–H groups in total. The Balaban J connectivity index is 2.49. The molecular formula is C6H7NO4. The van der Waals surface area contributed by atoms with Crippen molar-refractivity contribution in [3.05, 3.63) is 0 Å². The minimum absolute atomic E-state index is 0.0891. The van der Waals surface area contributed by atoms with Gasteiger partial charge in [-0.1, -0.05) is 0 Å². The van der Waals surface area contributed by atoms with Crippen molar-refractivity contribution in [3.63, 3.8) is 0 Å². The molecule has 0 radical (unpaired) electrons. The number of esters is 2. The van der Waals surface area contributed by atoms with E-state index in [9.17, 15) is 9.59 Å². The highest BCUT2D eigenvalue weighted by molar-refractivity contribution is 6.35. The molecule has 11 heavy (non-hydrogen) atoms. The molecule has 0 unspecified atom stereocenters. The van der Waals surface area contributed by atoms with E-state index in [-0.39, 0.29) is 19.0 Å². The van der Waals surface area contributed by atoms with Crippen molar-refractivity contribution in [3.8, 4) is 0 Å². The van der Waals surface area contributed by atoms with Crippen LogP contribution in [-0.4, -0.2) is 31.0 Å². The number of nitrogens with zero attached hydrogens (tertiary/aromatic N) is 1. The molecule has 0 atom stereocenters. The molecule has 0 spiro atoms. The Morgan fingerprint density at radius 1 is 1.82 bits per heavy atom. The van der Waals surface area contributed by atoms with Crippen LogP contribution in [0.3, 0.4) is 0 Å². The Morgan fingerprint density at radius 3 is 3.00 bits per heavy atom. The molecule has 0 amide bonds. The summed E-state index contributed by atoms with van der Waals surface area (Å²) in [5, 5.41) is 0. The second kappa shape index (κ2) is 3.14. The van der Waals surface area contributed by atoms with Crippen LogP contribution in [-0.2, 0) is 19.1 Å². The fraction of sp³-hybridized carbons (Fsp3) is 0.500. The van der Waals surface area contributed by atoms with E-state index in [4.69, 9.17) is 0 Å². The average Bonchev–Trinajstić information content (AvgIpc) is 2.36. The number of hydrogen-bond acceptors (Lipinski definition) is 5. The van der Waals surface area contributed by atoms with Gasteiger partial charge in [0.15, 0.2) is 0 Å². The Morgan fingerprint density at radius 2 is 2.55 bits per heavy atom. The van der Waals surface area contributed by atoms with E-state index < -0.39 is 11.9 Å². The number of rotatable bonds is 2. The van der Waals surface area contributed by atoms with Crippen LogP contribution < -0.4 is 0 Å². The predicted octanol–water partition coefficient (Wildman–Crippen LogP) is -0.495. The second-order valence-corrected chi connectivity index (χ2v) is 1.82. The lowest BCUT2D eigenvalue weighted by molar-refractivity contribution is -0.140. The first-order valence-electron chi connectivity index (χ1n) is 3.16. The van der Waals surface area contributed by atoms with Crippen LogP contribution in [0.15, 0.2) is 4.99 Å². The van der Waals surface area contributed by atoms with Crippen molar-refractivity contribution < 1.29 is 19.1 Å². The highest BCUT2D eigenvalue weighted by Crippen LogP contribution is 1.97. The molecule has 60 valence electrons. The first kappa shape index (κ1) is 7.71. The van der Waals surface area contributed by atoms with Gasteiger partial charge in [0.2, 0.25) is 0 Å². The number of carbonyl (C=O) groups is 2. The Kier molecular flexibility index (Phi) is 2.20. The van der Waals surface area contributed by atoms with Gasteiger partial charge in [0.05, 0.1) is 6.61 Å². The number of hydrogen-bond donors (Lipinski definition) is 0. The largest absolute Gasteiger partial charge is 0.459 e. The number of aliphatic imine (C=N–C) groups is 1. The summed E-state index contributed by atoms with van der Waals surface area (Å²) < 4.78 is 8.94. The maximum Gasteiger partial charge on any atom is 0.394 e. The summed E-state index contributed by atoms with van der Waals surface area (Å²) in [6.07, 6.45) is 0. The third-order valence-corrected chi connectivity index (χ3v) is 1.01. The monoisotopic (exact) mass is 157 g/mol. The zero-order valence-electron chi connectivity index (χ0n) is 5.99. The maximum absolute atomic E-state index is 10.8. The van der Waals surface area contributed by atoms with Gasteiger partial charge in [-0.2, -0.15) is 0 Å². The highest BCUT2D eigenvalue weighted by atomic mass is 16.6. The summed E-state index contributed by atoms with van der Waals surface area (Å²) in [6, 6.07) is 0. The van der Waals surface area contributed by atoms with E-state index in [0.717, 1.165) is 0 Å². The number of cyclic esters (lactones) is 1. The second-order valence-electron chi connectivity index (χ2n) is 1.82. The number of ether oxygens (including phenoxy) is 2. The smallest absolute Gasteiger partial charge is 0.394 e. The van der Waals surface area contributed by atoms with Gasteiger partial charge >= 0.3 is 17.8 Å². The molecule has 5 heteroatoms. The Labute approximate surface area is 63.0 Å². The van der Waals surface area contributed by atoms with E-state index in [1.165, 1.54) is 0 Å². The van der Waals surface area contributed by atoms with Crippen molar-refractivity contribution in [1.82, 2.24) is 0 Å². The summed E-state index contributed by atoms with van der Waals surface area (Å²) in [5.41, 5.74) is 0. The van der Waals surface area contributed by atoms with Crippen LogP contribution in [0.5, 0.6) is 0 Å². The minimum atomic E-state index is -0.682. The minimum Gasteiger partial charge on any atom is -0.459 e. The first-order valence-corrected chi connectivity index (χ1v) is 3.16. The van der Waals surface area contributed by atoms with Gasteiger partial charge in [-0.3, -0.25) is 0 Å². The highest BCUT2D eigenvalue weighted by Gasteiger charge is 2.23. The molecule has 0 saturated carbocycles. The van der Waals surface area contributed by atoms with Crippen LogP contribution in [0.1, 0.15) is 6.92 Å². The molecule has 0 fully saturated rings. The molecule has 1 aliphatic rings.